The number of alkyl halides is 9. The molecule has 1 fully saturated rings. The number of nitrogens with zero attached hydrogens (tertiary/aromatic N) is 1. The normalized spacial score (nSPS) is 16.1. The molecule has 1 aromatic heterocycles. The van der Waals surface area contributed by atoms with E-state index in [9.17, 15) is 67.1 Å². The first kappa shape index (κ1) is 77.6. The number of piperidine rings is 1. The molecule has 88 heavy (non-hydrogen) atoms. The van der Waals surface area contributed by atoms with Crippen molar-refractivity contribution in [3.8, 4) is 0 Å². The van der Waals surface area contributed by atoms with Crippen molar-refractivity contribution in [2.75, 3.05) is 30.7 Å². The molecule has 1 aliphatic rings. The number of aliphatic carboxylic acids is 1. The molecule has 7 rings (SSSR count). The molecule has 13 nitrogen and oxygen atoms in total. The van der Waals surface area contributed by atoms with Crippen molar-refractivity contribution in [2.24, 2.45) is 17.8 Å². The zero-order valence-corrected chi connectivity index (χ0v) is 50.0. The van der Waals surface area contributed by atoms with E-state index in [1.54, 1.807) is 88.4 Å². The van der Waals surface area contributed by atoms with E-state index in [0.717, 1.165) is 16.7 Å². The van der Waals surface area contributed by atoms with E-state index in [1.807, 2.05) is 30.3 Å². The quantitative estimate of drug-likeness (QED) is 0.0243. The minimum Gasteiger partial charge on any atom is -1.00 e. The van der Waals surface area contributed by atoms with E-state index < -0.39 is 61.0 Å². The number of carbonyl (C=O) groups excluding carboxylic acids is 2. The van der Waals surface area contributed by atoms with E-state index in [-0.39, 0.29) is 98.9 Å². The summed E-state index contributed by atoms with van der Waals surface area (Å²) in [5, 5.41) is 19.4. The summed E-state index contributed by atoms with van der Waals surface area (Å²) in [7, 11) is 0. The van der Waals surface area contributed by atoms with Crippen LogP contribution < -0.4 is 45.9 Å². The SMILES string of the molecule is C[C@@H]1CN[C@@H](c2ccc(F)cc2)CC1OC(F)(F)F.C[C@H](CNC(=O)c1ccccc1)C(CCc1ccc(F)cc1)OC(F)(F)F.C[C@H](CNCc1ccccc1)C(CCc1ccc(F)cc1)OC(F)(F)F.Cc1cc(NC(=O)C(=O)O)cnc1N.[Al].[H-].[Li+]. The minimum absolute atomic E-state index is 0. The fourth-order valence-corrected chi connectivity index (χ4v) is 8.56. The van der Waals surface area contributed by atoms with Crippen molar-refractivity contribution in [3.05, 3.63) is 197 Å². The molecule has 0 saturated carbocycles. The summed E-state index contributed by atoms with van der Waals surface area (Å²) in [5.74, 6) is -4.91. The molecule has 0 spiro atoms. The van der Waals surface area contributed by atoms with Gasteiger partial charge in [-0.15, -0.1) is 39.5 Å². The summed E-state index contributed by atoms with van der Waals surface area (Å²) in [5.41, 5.74) is 10.2. The second-order valence-electron chi connectivity index (χ2n) is 20.2. The Kier molecular flexibility index (Phi) is 33.7. The van der Waals surface area contributed by atoms with Crippen molar-refractivity contribution >= 4 is 46.6 Å². The number of ether oxygens (including phenoxy) is 3. The second kappa shape index (κ2) is 38.2. The average Bonchev–Trinajstić information content (AvgIpc) is 3.44. The molecule has 473 valence electrons. The molecule has 7 N–H and O–H groups in total. The number of carboxylic acids is 1. The van der Waals surface area contributed by atoms with Crippen LogP contribution in [-0.2, 0) is 43.2 Å². The second-order valence-corrected chi connectivity index (χ2v) is 20.2. The Bertz CT molecular complexity index is 2990. The van der Waals surface area contributed by atoms with Gasteiger partial charge < -0.3 is 33.5 Å². The number of nitrogens with one attached hydrogen (secondary N) is 4. The molecule has 5 aromatic carbocycles. The predicted molar refractivity (Wildman–Crippen MR) is 305 cm³/mol. The average molecular weight is 1260 g/mol. The van der Waals surface area contributed by atoms with Crippen LogP contribution in [0.25, 0.3) is 0 Å². The van der Waals surface area contributed by atoms with Gasteiger partial charge in [0.15, 0.2) is 0 Å². The van der Waals surface area contributed by atoms with Crippen LogP contribution in [0.1, 0.15) is 85.7 Å². The molecular formula is C61H69AlF12LiN6O7. The van der Waals surface area contributed by atoms with Gasteiger partial charge in [0.05, 0.1) is 30.2 Å². The number of anilines is 2. The Balaban J connectivity index is 0.000000602. The summed E-state index contributed by atoms with van der Waals surface area (Å²) in [4.78, 5) is 36.8. The van der Waals surface area contributed by atoms with Crippen molar-refractivity contribution in [1.29, 1.82) is 0 Å². The van der Waals surface area contributed by atoms with Gasteiger partial charge in [0, 0.05) is 61.1 Å². The zero-order chi connectivity index (χ0) is 63.6. The molecule has 2 amide bonds. The van der Waals surface area contributed by atoms with Crippen LogP contribution in [-0.4, -0.2) is 102 Å². The summed E-state index contributed by atoms with van der Waals surface area (Å²) in [6.07, 6.45) is -14.5. The van der Waals surface area contributed by atoms with Crippen LogP contribution in [0.2, 0.25) is 0 Å². The third-order valence-corrected chi connectivity index (χ3v) is 13.3. The topological polar surface area (TPSA) is 186 Å². The number of aryl methyl sites for hydroxylation is 3. The maximum atomic E-state index is 12.9. The fraction of sp³-hybridized carbons (Fsp3) is 0.377. The Hall–Kier alpha value is -6.45. The molecule has 0 bridgehead atoms. The minimum atomic E-state index is -4.77. The zero-order valence-electron chi connectivity index (χ0n) is 49.8. The number of nitrogen functional groups attached to an aromatic ring is 1. The number of carbonyl (C=O) groups is 3. The Morgan fingerprint density at radius 1 is 0.693 bits per heavy atom. The molecule has 1 saturated heterocycles. The predicted octanol–water partition coefficient (Wildman–Crippen LogP) is 9.95. The van der Waals surface area contributed by atoms with Gasteiger partial charge in [-0.05, 0) is 133 Å². The first-order valence-electron chi connectivity index (χ1n) is 27.0. The van der Waals surface area contributed by atoms with Gasteiger partial charge >= 0.3 is 49.8 Å². The summed E-state index contributed by atoms with van der Waals surface area (Å²) < 4.78 is 165. The fourth-order valence-electron chi connectivity index (χ4n) is 8.56. The summed E-state index contributed by atoms with van der Waals surface area (Å²) in [6.45, 7) is 8.20. The first-order valence-corrected chi connectivity index (χ1v) is 27.0. The molecule has 7 atom stereocenters. The Morgan fingerprint density at radius 3 is 1.61 bits per heavy atom. The Labute approximate surface area is 526 Å². The van der Waals surface area contributed by atoms with Crippen molar-refractivity contribution in [3.63, 3.8) is 0 Å². The van der Waals surface area contributed by atoms with E-state index in [0.29, 0.717) is 60.7 Å². The first-order chi connectivity index (χ1) is 40.4. The van der Waals surface area contributed by atoms with Crippen LogP contribution >= 0.6 is 0 Å². The molecule has 27 heteroatoms. The van der Waals surface area contributed by atoms with E-state index in [2.05, 4.69) is 40.5 Å². The maximum Gasteiger partial charge on any atom is 1.00 e. The standard InChI is InChI=1S/C20H21F4NO2.C20H23F4NO.C13H15F4NO.C8H9N3O3.Al.Li.H/c1-14(13-25-19(26)16-5-3-2-4-6-16)18(27-20(22,23)24)12-9-15-7-10-17(21)11-8-15;1-15(13-25-14-17-5-3-2-4-6-17)19(26-20(22,23)24)12-9-16-7-10-18(21)11-8-16;1-8-7-18-11(6-12(8)19-13(15,16)17)9-2-4-10(14)5-3-9;1-4-2-5(3-10-6(4)9)11-7(12)8(13)14;;;/h2-8,10-11,14,18H,9,12-13H2,1H3,(H,25,26);2-8,10-11,15,19,25H,9,12-14H2,1H3;2-5,8,11-12,18H,6-7H2,1H3;2-3H,1H3,(H2,9,10)(H,11,12)(H,13,14);;;/q;;;;;+1;-1/t14-,18?;15-,19?;8-,11-,12?;;;;/m111..../s1. The number of pyridine rings is 1. The van der Waals surface area contributed by atoms with Crippen LogP contribution in [0.5, 0.6) is 0 Å². The summed E-state index contributed by atoms with van der Waals surface area (Å²) in [6, 6.07) is 36.5. The van der Waals surface area contributed by atoms with Crippen molar-refractivity contribution in [1.82, 2.24) is 20.9 Å². The number of amides is 2. The van der Waals surface area contributed by atoms with Crippen LogP contribution in [0.3, 0.4) is 0 Å². The van der Waals surface area contributed by atoms with Gasteiger partial charge in [-0.3, -0.25) is 23.8 Å². The number of aromatic nitrogens is 1. The molecule has 6 aromatic rings. The maximum absolute atomic E-state index is 12.9. The third kappa shape index (κ3) is 31.1. The van der Waals surface area contributed by atoms with E-state index in [4.69, 9.17) is 10.8 Å². The van der Waals surface area contributed by atoms with E-state index >= 15 is 0 Å². The third-order valence-electron chi connectivity index (χ3n) is 13.3. The summed E-state index contributed by atoms with van der Waals surface area (Å²) >= 11 is 0. The van der Waals surface area contributed by atoms with Gasteiger partial charge in [-0.25, -0.2) is 22.9 Å². The molecule has 0 aliphatic carbocycles. The Morgan fingerprint density at radius 2 is 1.16 bits per heavy atom. The van der Waals surface area contributed by atoms with Crippen LogP contribution in [0, 0.1) is 42.1 Å². The number of benzene rings is 5. The monoisotopic (exact) mass is 1260 g/mol. The van der Waals surface area contributed by atoms with Gasteiger partial charge in [0.1, 0.15) is 23.3 Å². The van der Waals surface area contributed by atoms with Gasteiger partial charge in [0.2, 0.25) is 0 Å². The molecule has 3 unspecified atom stereocenters. The number of hydrogen-bond donors (Lipinski definition) is 6. The van der Waals surface area contributed by atoms with E-state index in [1.165, 1.54) is 54.7 Å². The molecule has 3 radical (unpaired) electrons. The molecular weight excluding hydrogens is 1190 g/mol. The molecule has 2 heterocycles. The number of halogens is 12. The van der Waals surface area contributed by atoms with Crippen LogP contribution in [0.15, 0.2) is 146 Å². The van der Waals surface area contributed by atoms with Crippen LogP contribution in [0.4, 0.5) is 64.2 Å². The van der Waals surface area contributed by atoms with Crippen molar-refractivity contribution in [2.45, 2.75) is 110 Å². The number of rotatable bonds is 20. The van der Waals surface area contributed by atoms with Gasteiger partial charge in [-0.2, -0.15) is 0 Å². The smallest absolute Gasteiger partial charge is 1.00 e. The van der Waals surface area contributed by atoms with Gasteiger partial charge in [-0.1, -0.05) is 106 Å². The van der Waals surface area contributed by atoms with Crippen molar-refractivity contribution < 1.29 is 107 Å². The van der Waals surface area contributed by atoms with Gasteiger partial charge in [0.25, 0.3) is 5.91 Å². The number of hydrogen-bond acceptors (Lipinski definition) is 10. The number of carboxylic acid groups (broad SMARTS) is 1. The number of nitrogens with two attached hydrogens (primary N) is 1. The largest absolute Gasteiger partial charge is 1.00 e. The molecule has 1 aliphatic heterocycles.